The summed E-state index contributed by atoms with van der Waals surface area (Å²) in [5.74, 6) is 0.204. The summed E-state index contributed by atoms with van der Waals surface area (Å²) in [5, 5.41) is 12.2. The second-order valence-corrected chi connectivity index (χ2v) is 4.15. The van der Waals surface area contributed by atoms with Gasteiger partial charge in [-0.05, 0) is 32.4 Å². The largest absolute Gasteiger partial charge is 0.434 e. The summed E-state index contributed by atoms with van der Waals surface area (Å²) < 4.78 is 28.8. The highest BCUT2D eigenvalue weighted by Crippen LogP contribution is 2.19. The van der Waals surface area contributed by atoms with Gasteiger partial charge in [0.15, 0.2) is 0 Å². The molecule has 1 unspecified atom stereocenters. The second kappa shape index (κ2) is 8.00. The van der Waals surface area contributed by atoms with Crippen molar-refractivity contribution >= 4 is 0 Å². The topological polar surface area (TPSA) is 41.5 Å². The van der Waals surface area contributed by atoms with E-state index in [2.05, 4.69) is 10.1 Å². The van der Waals surface area contributed by atoms with Crippen LogP contribution in [0.15, 0.2) is 24.3 Å². The van der Waals surface area contributed by atoms with Gasteiger partial charge in [0.2, 0.25) is 0 Å². The lowest BCUT2D eigenvalue weighted by atomic mass is 10.2. The van der Waals surface area contributed by atoms with E-state index in [1.807, 2.05) is 0 Å². The van der Waals surface area contributed by atoms with E-state index in [9.17, 15) is 8.78 Å². The van der Waals surface area contributed by atoms with Crippen LogP contribution in [-0.2, 0) is 6.54 Å². The van der Waals surface area contributed by atoms with Crippen molar-refractivity contribution < 1.29 is 18.6 Å². The first-order valence-electron chi connectivity index (χ1n) is 6.01. The molecule has 102 valence electrons. The van der Waals surface area contributed by atoms with E-state index < -0.39 is 6.61 Å². The van der Waals surface area contributed by atoms with Gasteiger partial charge < -0.3 is 15.2 Å². The Kier molecular flexibility index (Phi) is 6.60. The van der Waals surface area contributed by atoms with E-state index in [0.29, 0.717) is 12.1 Å². The quantitative estimate of drug-likeness (QED) is 0.705. The van der Waals surface area contributed by atoms with Crippen LogP contribution < -0.4 is 10.1 Å². The number of halogens is 2. The fraction of sp³-hybridized carbons (Fsp3) is 0.538. The maximum absolute atomic E-state index is 12.2. The summed E-state index contributed by atoms with van der Waals surface area (Å²) in [6, 6.07) is 6.72. The van der Waals surface area contributed by atoms with Crippen molar-refractivity contribution in [2.75, 3.05) is 6.54 Å². The Balaban J connectivity index is 2.37. The highest BCUT2D eigenvalue weighted by atomic mass is 19.3. The van der Waals surface area contributed by atoms with Gasteiger partial charge in [0.25, 0.3) is 0 Å². The Hall–Kier alpha value is -1.20. The Bertz CT molecular complexity index is 346. The second-order valence-electron chi connectivity index (χ2n) is 4.15. The van der Waals surface area contributed by atoms with Crippen molar-refractivity contribution in [3.05, 3.63) is 29.8 Å². The highest BCUT2D eigenvalue weighted by Gasteiger charge is 2.08. The number of aliphatic hydroxyl groups is 1. The van der Waals surface area contributed by atoms with Gasteiger partial charge in [-0.1, -0.05) is 18.2 Å². The molecule has 0 fully saturated rings. The number of aliphatic hydroxyl groups excluding tert-OH is 1. The molecule has 5 heteroatoms. The molecule has 0 aliphatic rings. The average Bonchev–Trinajstić information content (AvgIpc) is 2.29. The van der Waals surface area contributed by atoms with Crippen molar-refractivity contribution in [3.63, 3.8) is 0 Å². The zero-order valence-corrected chi connectivity index (χ0v) is 10.4. The minimum atomic E-state index is -2.80. The lowest BCUT2D eigenvalue weighted by Gasteiger charge is -2.11. The zero-order chi connectivity index (χ0) is 13.4. The number of ether oxygens (including phenoxy) is 1. The van der Waals surface area contributed by atoms with Gasteiger partial charge in [-0.25, -0.2) is 0 Å². The van der Waals surface area contributed by atoms with Crippen LogP contribution in [0, 0.1) is 0 Å². The smallest absolute Gasteiger partial charge is 0.387 e. The molecule has 1 atom stereocenters. The standard InChI is InChI=1S/C13H19F2NO2/c1-10(17)5-4-8-16-9-11-6-2-3-7-12(11)18-13(14)15/h2-3,6-7,10,13,16-17H,4-5,8-9H2,1H3. The van der Waals surface area contributed by atoms with Gasteiger partial charge in [-0.2, -0.15) is 8.78 Å². The summed E-state index contributed by atoms with van der Waals surface area (Å²) in [6.45, 7) is 0.143. The first-order valence-corrected chi connectivity index (χ1v) is 6.01. The molecule has 0 aromatic heterocycles. The molecule has 0 heterocycles. The van der Waals surface area contributed by atoms with E-state index in [1.165, 1.54) is 6.07 Å². The van der Waals surface area contributed by atoms with Crippen LogP contribution in [0.5, 0.6) is 5.75 Å². The monoisotopic (exact) mass is 259 g/mol. The van der Waals surface area contributed by atoms with E-state index in [0.717, 1.165) is 19.4 Å². The fourth-order valence-electron chi connectivity index (χ4n) is 1.61. The number of para-hydroxylation sites is 1. The third-order valence-corrected chi connectivity index (χ3v) is 2.48. The molecule has 1 rings (SSSR count). The summed E-state index contributed by atoms with van der Waals surface area (Å²) in [5.41, 5.74) is 0.704. The van der Waals surface area contributed by atoms with Crippen LogP contribution in [0.25, 0.3) is 0 Å². The number of nitrogens with one attached hydrogen (secondary N) is 1. The molecular formula is C13H19F2NO2. The summed E-state index contributed by atoms with van der Waals surface area (Å²) in [4.78, 5) is 0. The molecule has 0 spiro atoms. The van der Waals surface area contributed by atoms with Crippen molar-refractivity contribution in [1.29, 1.82) is 0 Å². The van der Waals surface area contributed by atoms with Crippen LogP contribution >= 0.6 is 0 Å². The molecule has 3 nitrogen and oxygen atoms in total. The minimum Gasteiger partial charge on any atom is -0.434 e. The van der Waals surface area contributed by atoms with Gasteiger partial charge >= 0.3 is 6.61 Å². The molecule has 0 saturated heterocycles. The zero-order valence-electron chi connectivity index (χ0n) is 10.4. The lowest BCUT2D eigenvalue weighted by molar-refractivity contribution is -0.0505. The molecule has 18 heavy (non-hydrogen) atoms. The Morgan fingerprint density at radius 3 is 2.72 bits per heavy atom. The minimum absolute atomic E-state index is 0.204. The SMILES string of the molecule is CC(O)CCCNCc1ccccc1OC(F)F. The molecule has 1 aromatic rings. The van der Waals surface area contributed by atoms with E-state index in [-0.39, 0.29) is 11.9 Å². The molecule has 0 aliphatic heterocycles. The molecule has 1 aromatic carbocycles. The Morgan fingerprint density at radius 2 is 2.06 bits per heavy atom. The first kappa shape index (κ1) is 14.9. The van der Waals surface area contributed by atoms with Crippen molar-refractivity contribution in [2.45, 2.75) is 39.0 Å². The van der Waals surface area contributed by atoms with Gasteiger partial charge in [-0.15, -0.1) is 0 Å². The normalized spacial score (nSPS) is 12.7. The van der Waals surface area contributed by atoms with Crippen molar-refractivity contribution in [1.82, 2.24) is 5.32 Å². The third-order valence-electron chi connectivity index (χ3n) is 2.48. The predicted octanol–water partition coefficient (Wildman–Crippen LogP) is 2.54. The number of alkyl halides is 2. The van der Waals surface area contributed by atoms with Crippen molar-refractivity contribution in [2.24, 2.45) is 0 Å². The maximum Gasteiger partial charge on any atom is 0.387 e. The van der Waals surface area contributed by atoms with Crippen LogP contribution in [-0.4, -0.2) is 24.4 Å². The van der Waals surface area contributed by atoms with Gasteiger partial charge in [0.05, 0.1) is 6.10 Å². The maximum atomic E-state index is 12.2. The number of hydrogen-bond acceptors (Lipinski definition) is 3. The highest BCUT2D eigenvalue weighted by molar-refractivity contribution is 5.33. The van der Waals surface area contributed by atoms with E-state index >= 15 is 0 Å². The third kappa shape index (κ3) is 5.93. The predicted molar refractivity (Wildman–Crippen MR) is 65.7 cm³/mol. The average molecular weight is 259 g/mol. The molecule has 0 aliphatic carbocycles. The molecule has 0 saturated carbocycles. The number of benzene rings is 1. The van der Waals surface area contributed by atoms with Crippen LogP contribution in [0.2, 0.25) is 0 Å². The molecule has 0 amide bonds. The molecule has 0 bridgehead atoms. The summed E-state index contributed by atoms with van der Waals surface area (Å²) in [6.07, 6.45) is 1.26. The van der Waals surface area contributed by atoms with Gasteiger partial charge in [-0.3, -0.25) is 0 Å². The molecule has 2 N–H and O–H groups in total. The van der Waals surface area contributed by atoms with Crippen LogP contribution in [0.4, 0.5) is 8.78 Å². The van der Waals surface area contributed by atoms with Gasteiger partial charge in [0.1, 0.15) is 5.75 Å². The lowest BCUT2D eigenvalue weighted by Crippen LogP contribution is -2.17. The van der Waals surface area contributed by atoms with E-state index in [4.69, 9.17) is 5.11 Å². The number of hydrogen-bond donors (Lipinski definition) is 2. The Labute approximate surface area is 106 Å². The fourth-order valence-corrected chi connectivity index (χ4v) is 1.61. The Morgan fingerprint density at radius 1 is 1.33 bits per heavy atom. The summed E-state index contributed by atoms with van der Waals surface area (Å²) in [7, 11) is 0. The van der Waals surface area contributed by atoms with Crippen LogP contribution in [0.3, 0.4) is 0 Å². The number of rotatable bonds is 8. The van der Waals surface area contributed by atoms with Crippen LogP contribution in [0.1, 0.15) is 25.3 Å². The van der Waals surface area contributed by atoms with Crippen molar-refractivity contribution in [3.8, 4) is 5.75 Å². The van der Waals surface area contributed by atoms with E-state index in [1.54, 1.807) is 25.1 Å². The molecular weight excluding hydrogens is 240 g/mol. The van der Waals surface area contributed by atoms with Gasteiger partial charge in [0, 0.05) is 12.1 Å². The first-order chi connectivity index (χ1) is 8.59. The molecule has 0 radical (unpaired) electrons. The summed E-state index contributed by atoms with van der Waals surface area (Å²) >= 11 is 0.